The number of nitrogens with zero attached hydrogens (tertiary/aromatic N) is 2. The quantitative estimate of drug-likeness (QED) is 0.926. The zero-order valence-corrected chi connectivity index (χ0v) is 10.8. The van der Waals surface area contributed by atoms with Crippen LogP contribution in [-0.4, -0.2) is 16.9 Å². The lowest BCUT2D eigenvalue weighted by Crippen LogP contribution is -2.07. The smallest absolute Gasteiger partial charge is 0.167 e. The largest absolute Gasteiger partial charge is 0.494 e. The first kappa shape index (κ1) is 13.3. The van der Waals surface area contributed by atoms with Crippen LogP contribution < -0.4 is 10.5 Å². The highest BCUT2D eigenvalue weighted by Gasteiger charge is 2.16. The van der Waals surface area contributed by atoms with Gasteiger partial charge >= 0.3 is 0 Å². The summed E-state index contributed by atoms with van der Waals surface area (Å²) in [4.78, 5) is 0. The van der Waals surface area contributed by atoms with Gasteiger partial charge in [-0.05, 0) is 6.42 Å². The van der Waals surface area contributed by atoms with Gasteiger partial charge in [0.1, 0.15) is 5.69 Å². The van der Waals surface area contributed by atoms with Crippen molar-refractivity contribution in [2.45, 2.75) is 19.8 Å². The molecule has 6 heteroatoms. The molecule has 19 heavy (non-hydrogen) atoms. The van der Waals surface area contributed by atoms with E-state index in [1.807, 2.05) is 6.92 Å². The summed E-state index contributed by atoms with van der Waals surface area (Å²) in [6.45, 7) is 1.97. The minimum atomic E-state index is -0.643. The van der Waals surface area contributed by atoms with Crippen molar-refractivity contribution in [3.8, 4) is 11.4 Å². The molecule has 1 aromatic carbocycles. The summed E-state index contributed by atoms with van der Waals surface area (Å²) in [5.74, 6) is -1.40. The van der Waals surface area contributed by atoms with Crippen LogP contribution >= 0.6 is 0 Å². The van der Waals surface area contributed by atoms with Crippen molar-refractivity contribution < 1.29 is 13.5 Å². The molecule has 4 nitrogen and oxygen atoms in total. The molecule has 1 aromatic heterocycles. The minimum absolute atomic E-state index is 0.0263. The second-order valence-corrected chi connectivity index (χ2v) is 4.15. The van der Waals surface area contributed by atoms with Crippen LogP contribution in [0.3, 0.4) is 0 Å². The van der Waals surface area contributed by atoms with Crippen LogP contribution in [0.25, 0.3) is 5.69 Å². The average Bonchev–Trinajstić information content (AvgIpc) is 2.74. The van der Waals surface area contributed by atoms with Gasteiger partial charge in [-0.25, -0.2) is 13.5 Å². The molecule has 102 valence electrons. The van der Waals surface area contributed by atoms with E-state index in [0.29, 0.717) is 17.8 Å². The zero-order valence-electron chi connectivity index (χ0n) is 10.8. The van der Waals surface area contributed by atoms with Gasteiger partial charge < -0.3 is 10.5 Å². The molecule has 0 spiro atoms. The van der Waals surface area contributed by atoms with Crippen LogP contribution in [-0.2, 0) is 6.42 Å². The topological polar surface area (TPSA) is 53.1 Å². The van der Waals surface area contributed by atoms with Crippen molar-refractivity contribution in [3.05, 3.63) is 35.7 Å². The highest BCUT2D eigenvalue weighted by Crippen LogP contribution is 2.26. The normalized spacial score (nSPS) is 10.7. The molecule has 0 aliphatic rings. The fourth-order valence-corrected chi connectivity index (χ4v) is 1.92. The average molecular weight is 267 g/mol. The van der Waals surface area contributed by atoms with Crippen LogP contribution in [0.2, 0.25) is 0 Å². The number of nitrogens with two attached hydrogens (primary N) is 1. The van der Waals surface area contributed by atoms with E-state index in [0.717, 1.165) is 18.6 Å². The molecule has 2 rings (SSSR count). The lowest BCUT2D eigenvalue weighted by Gasteiger charge is -2.10. The molecule has 0 atom stereocenters. The second kappa shape index (κ2) is 5.26. The Morgan fingerprint density at radius 1 is 1.32 bits per heavy atom. The molecule has 0 unspecified atom stereocenters. The first-order valence-electron chi connectivity index (χ1n) is 5.94. The van der Waals surface area contributed by atoms with Gasteiger partial charge in [0.25, 0.3) is 0 Å². The van der Waals surface area contributed by atoms with Crippen molar-refractivity contribution in [2.75, 3.05) is 12.8 Å². The van der Waals surface area contributed by atoms with Crippen LogP contribution in [0.1, 0.15) is 19.0 Å². The van der Waals surface area contributed by atoms with E-state index in [-0.39, 0.29) is 11.4 Å². The van der Waals surface area contributed by atoms with E-state index in [1.54, 1.807) is 0 Å². The highest BCUT2D eigenvalue weighted by atomic mass is 19.1. The highest BCUT2D eigenvalue weighted by molar-refractivity contribution is 5.48. The van der Waals surface area contributed by atoms with Gasteiger partial charge in [-0.15, -0.1) is 0 Å². The summed E-state index contributed by atoms with van der Waals surface area (Å²) in [6.07, 6.45) is 2.90. The van der Waals surface area contributed by atoms with Gasteiger partial charge in [0.15, 0.2) is 17.4 Å². The van der Waals surface area contributed by atoms with Gasteiger partial charge in [0.05, 0.1) is 24.7 Å². The molecule has 2 N–H and O–H groups in total. The van der Waals surface area contributed by atoms with E-state index in [2.05, 4.69) is 5.10 Å². The molecule has 0 radical (unpaired) electrons. The number of halogens is 2. The standard InChI is InChI=1S/C13H15F2N3O/c1-3-4-11-10(16)7-17-18(11)12-5-9(15)13(19-2)6-8(12)14/h5-7H,3-4,16H2,1-2H3. The van der Waals surface area contributed by atoms with Gasteiger partial charge in [-0.2, -0.15) is 5.10 Å². The molecule has 0 amide bonds. The molecular weight excluding hydrogens is 252 g/mol. The Labute approximate surface area is 109 Å². The Balaban J connectivity index is 2.56. The maximum Gasteiger partial charge on any atom is 0.167 e. The Morgan fingerprint density at radius 2 is 2.05 bits per heavy atom. The fourth-order valence-electron chi connectivity index (χ4n) is 1.92. The Morgan fingerprint density at radius 3 is 2.68 bits per heavy atom. The van der Waals surface area contributed by atoms with Crippen LogP contribution in [0.15, 0.2) is 18.3 Å². The first-order chi connectivity index (χ1) is 9.08. The maximum atomic E-state index is 14.0. The van der Waals surface area contributed by atoms with Gasteiger partial charge in [0.2, 0.25) is 0 Å². The molecular formula is C13H15F2N3O. The van der Waals surface area contributed by atoms with Gasteiger partial charge in [-0.3, -0.25) is 0 Å². The third-order valence-corrected chi connectivity index (χ3v) is 2.84. The summed E-state index contributed by atoms with van der Waals surface area (Å²) >= 11 is 0. The molecule has 2 aromatic rings. The van der Waals surface area contributed by atoms with Crippen molar-refractivity contribution in [1.29, 1.82) is 0 Å². The third kappa shape index (κ3) is 2.38. The van der Waals surface area contributed by atoms with E-state index >= 15 is 0 Å². The zero-order chi connectivity index (χ0) is 14.0. The second-order valence-electron chi connectivity index (χ2n) is 4.15. The summed E-state index contributed by atoms with van der Waals surface area (Å²) in [6, 6.07) is 2.05. The Bertz CT molecular complexity index is 596. The number of hydrogen-bond donors (Lipinski definition) is 1. The van der Waals surface area contributed by atoms with Crippen LogP contribution in [0.4, 0.5) is 14.5 Å². The predicted octanol–water partition coefficient (Wildman–Crippen LogP) is 2.69. The van der Waals surface area contributed by atoms with Crippen LogP contribution in [0.5, 0.6) is 5.75 Å². The predicted molar refractivity (Wildman–Crippen MR) is 68.4 cm³/mol. The number of methoxy groups -OCH3 is 1. The fraction of sp³-hybridized carbons (Fsp3) is 0.308. The third-order valence-electron chi connectivity index (χ3n) is 2.84. The van der Waals surface area contributed by atoms with E-state index < -0.39 is 11.6 Å². The number of aromatic nitrogens is 2. The summed E-state index contributed by atoms with van der Waals surface area (Å²) in [7, 11) is 1.28. The summed E-state index contributed by atoms with van der Waals surface area (Å²) < 4.78 is 33.7. The molecule has 0 aliphatic heterocycles. The van der Waals surface area contributed by atoms with Crippen LogP contribution in [0, 0.1) is 11.6 Å². The number of anilines is 1. The minimum Gasteiger partial charge on any atom is -0.494 e. The molecule has 0 aliphatic carbocycles. The van der Waals surface area contributed by atoms with E-state index in [4.69, 9.17) is 10.5 Å². The van der Waals surface area contributed by atoms with Crippen molar-refractivity contribution in [3.63, 3.8) is 0 Å². The number of hydrogen-bond acceptors (Lipinski definition) is 3. The molecule has 0 saturated carbocycles. The number of rotatable bonds is 4. The molecule has 0 saturated heterocycles. The van der Waals surface area contributed by atoms with E-state index in [1.165, 1.54) is 18.0 Å². The summed E-state index contributed by atoms with van der Waals surface area (Å²) in [5, 5.41) is 4.01. The number of benzene rings is 1. The molecule has 1 heterocycles. The SMILES string of the molecule is CCCc1c(N)cnn1-c1cc(F)c(OC)cc1F. The van der Waals surface area contributed by atoms with Crippen molar-refractivity contribution in [1.82, 2.24) is 9.78 Å². The molecule has 0 fully saturated rings. The number of ether oxygens (including phenoxy) is 1. The van der Waals surface area contributed by atoms with Crippen molar-refractivity contribution >= 4 is 5.69 Å². The first-order valence-corrected chi connectivity index (χ1v) is 5.94. The summed E-state index contributed by atoms with van der Waals surface area (Å²) in [5.41, 5.74) is 6.95. The maximum absolute atomic E-state index is 14.0. The molecule has 0 bridgehead atoms. The Kier molecular flexibility index (Phi) is 3.69. The number of nitrogen functional groups attached to an aromatic ring is 1. The Hall–Kier alpha value is -2.11. The van der Waals surface area contributed by atoms with Gasteiger partial charge in [-0.1, -0.05) is 13.3 Å². The lowest BCUT2D eigenvalue weighted by atomic mass is 10.2. The monoisotopic (exact) mass is 267 g/mol. The van der Waals surface area contributed by atoms with Gasteiger partial charge in [0, 0.05) is 12.1 Å². The van der Waals surface area contributed by atoms with E-state index in [9.17, 15) is 8.78 Å². The lowest BCUT2D eigenvalue weighted by molar-refractivity contribution is 0.382. The van der Waals surface area contributed by atoms with Crippen molar-refractivity contribution in [2.24, 2.45) is 0 Å².